The highest BCUT2D eigenvalue weighted by atomic mass is 79.9. The number of nitrogens with one attached hydrogen (secondary N) is 2. The first kappa shape index (κ1) is 14.7. The lowest BCUT2D eigenvalue weighted by Gasteiger charge is -2.10. The van der Waals surface area contributed by atoms with Gasteiger partial charge in [0, 0.05) is 16.4 Å². The summed E-state index contributed by atoms with van der Waals surface area (Å²) in [6.45, 7) is 2.61. The van der Waals surface area contributed by atoms with Crippen LogP contribution in [0.2, 0.25) is 0 Å². The minimum absolute atomic E-state index is 0.490. The number of ether oxygens (including phenoxy) is 1. The van der Waals surface area contributed by atoms with Crippen LogP contribution in [-0.4, -0.2) is 16.7 Å². The van der Waals surface area contributed by atoms with Crippen LogP contribution in [-0.2, 0) is 0 Å². The van der Waals surface area contributed by atoms with Gasteiger partial charge in [-0.2, -0.15) is 0 Å². The summed E-state index contributed by atoms with van der Waals surface area (Å²) in [5, 5.41) is 6.59. The van der Waals surface area contributed by atoms with Crippen LogP contribution in [0.25, 0.3) is 0 Å². The van der Waals surface area contributed by atoms with Gasteiger partial charge in [-0.25, -0.2) is 4.98 Å². The van der Waals surface area contributed by atoms with Gasteiger partial charge in [0.1, 0.15) is 11.6 Å². The summed E-state index contributed by atoms with van der Waals surface area (Å²) < 4.78 is 6.31. The summed E-state index contributed by atoms with van der Waals surface area (Å²) in [6, 6.07) is 11.4. The number of halogens is 1. The first-order valence-electron chi connectivity index (χ1n) is 6.10. The van der Waals surface area contributed by atoms with Crippen LogP contribution < -0.4 is 15.4 Å². The van der Waals surface area contributed by atoms with Gasteiger partial charge in [-0.15, -0.1) is 0 Å². The smallest absolute Gasteiger partial charge is 0.176 e. The second-order valence-corrected chi connectivity index (χ2v) is 5.22. The molecule has 0 spiro atoms. The molecule has 4 nitrogen and oxygen atoms in total. The molecule has 2 aromatic rings. The fraction of sp³-hybridized carbons (Fsp3) is 0.143. The number of hydrogen-bond acceptors (Lipinski definition) is 3. The Morgan fingerprint density at radius 3 is 2.55 bits per heavy atom. The highest BCUT2D eigenvalue weighted by Crippen LogP contribution is 2.16. The van der Waals surface area contributed by atoms with Crippen LogP contribution in [0.1, 0.15) is 6.92 Å². The molecule has 20 heavy (non-hydrogen) atoms. The van der Waals surface area contributed by atoms with Gasteiger partial charge in [0.15, 0.2) is 5.11 Å². The first-order valence-corrected chi connectivity index (χ1v) is 7.30. The van der Waals surface area contributed by atoms with Gasteiger partial charge in [-0.3, -0.25) is 0 Å². The predicted molar refractivity (Wildman–Crippen MR) is 89.4 cm³/mol. The summed E-state index contributed by atoms with van der Waals surface area (Å²) in [6.07, 6.45) is 1.71. The van der Waals surface area contributed by atoms with Gasteiger partial charge in [0.2, 0.25) is 0 Å². The zero-order valence-corrected chi connectivity index (χ0v) is 13.3. The number of anilines is 2. The molecule has 0 bridgehead atoms. The molecule has 0 saturated carbocycles. The Morgan fingerprint density at radius 1 is 1.20 bits per heavy atom. The standard InChI is InChI=1S/C14H14BrN3OS/c1-2-19-12-6-4-11(5-7-12)17-14(20)18-13-8-3-10(15)9-16-13/h3-9H,2H2,1H3,(H2,16,17,18,20). The lowest BCUT2D eigenvalue weighted by Crippen LogP contribution is -2.19. The molecule has 2 N–H and O–H groups in total. The summed E-state index contributed by atoms with van der Waals surface area (Å²) in [4.78, 5) is 4.19. The van der Waals surface area contributed by atoms with Crippen molar-refractivity contribution in [1.29, 1.82) is 0 Å². The largest absolute Gasteiger partial charge is 0.494 e. The molecule has 0 fully saturated rings. The number of thiocarbonyl (C=S) groups is 1. The molecular formula is C14H14BrN3OS. The summed E-state index contributed by atoms with van der Waals surface area (Å²) in [5.74, 6) is 1.53. The van der Waals surface area contributed by atoms with Crippen LogP contribution in [0.4, 0.5) is 11.5 Å². The van der Waals surface area contributed by atoms with E-state index in [2.05, 4.69) is 31.5 Å². The fourth-order valence-electron chi connectivity index (χ4n) is 1.53. The van der Waals surface area contributed by atoms with Crippen molar-refractivity contribution in [2.75, 3.05) is 17.2 Å². The van der Waals surface area contributed by atoms with E-state index in [0.717, 1.165) is 15.9 Å². The lowest BCUT2D eigenvalue weighted by atomic mass is 10.3. The quantitative estimate of drug-likeness (QED) is 0.813. The highest BCUT2D eigenvalue weighted by Gasteiger charge is 2.00. The SMILES string of the molecule is CCOc1ccc(NC(=S)Nc2ccc(Br)cn2)cc1. The van der Waals surface area contributed by atoms with Crippen molar-refractivity contribution in [3.05, 3.63) is 47.1 Å². The Balaban J connectivity index is 1.92. The van der Waals surface area contributed by atoms with Gasteiger partial charge in [-0.05, 0) is 71.5 Å². The molecule has 2 rings (SSSR count). The molecule has 1 aromatic carbocycles. The number of nitrogens with zero attached hydrogens (tertiary/aromatic N) is 1. The molecule has 1 heterocycles. The third-order valence-corrected chi connectivity index (χ3v) is 3.07. The summed E-state index contributed by atoms with van der Waals surface area (Å²) >= 11 is 8.56. The average molecular weight is 352 g/mol. The molecule has 104 valence electrons. The second kappa shape index (κ2) is 7.21. The first-order chi connectivity index (χ1) is 9.67. The van der Waals surface area contributed by atoms with E-state index in [-0.39, 0.29) is 0 Å². The van der Waals surface area contributed by atoms with Crippen molar-refractivity contribution >= 4 is 44.8 Å². The molecular weight excluding hydrogens is 338 g/mol. The zero-order valence-electron chi connectivity index (χ0n) is 10.9. The summed E-state index contributed by atoms with van der Waals surface area (Å²) in [5.41, 5.74) is 0.892. The maximum absolute atomic E-state index is 5.38. The maximum atomic E-state index is 5.38. The van der Waals surface area contributed by atoms with E-state index < -0.39 is 0 Å². The topological polar surface area (TPSA) is 46.2 Å². The van der Waals surface area contributed by atoms with E-state index in [4.69, 9.17) is 17.0 Å². The van der Waals surface area contributed by atoms with Crippen LogP contribution in [0.15, 0.2) is 47.1 Å². The molecule has 0 aliphatic heterocycles. The van der Waals surface area contributed by atoms with Gasteiger partial charge in [0.25, 0.3) is 0 Å². The van der Waals surface area contributed by atoms with E-state index >= 15 is 0 Å². The molecule has 6 heteroatoms. The Morgan fingerprint density at radius 2 is 1.95 bits per heavy atom. The third kappa shape index (κ3) is 4.47. The molecule has 0 unspecified atom stereocenters. The molecule has 0 aliphatic carbocycles. The van der Waals surface area contributed by atoms with E-state index in [0.29, 0.717) is 17.5 Å². The second-order valence-electron chi connectivity index (χ2n) is 3.90. The van der Waals surface area contributed by atoms with Crippen molar-refractivity contribution in [3.63, 3.8) is 0 Å². The van der Waals surface area contributed by atoms with Crippen molar-refractivity contribution in [3.8, 4) is 5.75 Å². The van der Waals surface area contributed by atoms with Crippen LogP contribution in [0, 0.1) is 0 Å². The Labute approximate surface area is 131 Å². The van der Waals surface area contributed by atoms with Crippen LogP contribution >= 0.6 is 28.1 Å². The zero-order chi connectivity index (χ0) is 14.4. The Bertz CT molecular complexity index is 572. The molecule has 1 aromatic heterocycles. The maximum Gasteiger partial charge on any atom is 0.176 e. The van der Waals surface area contributed by atoms with E-state index in [1.165, 1.54) is 0 Å². The highest BCUT2D eigenvalue weighted by molar-refractivity contribution is 9.10. The average Bonchev–Trinajstić information content (AvgIpc) is 2.44. The number of aromatic nitrogens is 1. The number of hydrogen-bond donors (Lipinski definition) is 2. The minimum atomic E-state index is 0.490. The van der Waals surface area contributed by atoms with E-state index in [1.807, 2.05) is 43.3 Å². The molecule has 0 saturated heterocycles. The van der Waals surface area contributed by atoms with Gasteiger partial charge in [0.05, 0.1) is 6.61 Å². The van der Waals surface area contributed by atoms with Crippen molar-refractivity contribution in [1.82, 2.24) is 4.98 Å². The predicted octanol–water partition coefficient (Wildman–Crippen LogP) is 4.05. The molecule has 0 atom stereocenters. The van der Waals surface area contributed by atoms with E-state index in [1.54, 1.807) is 6.20 Å². The molecule has 0 aliphatic rings. The van der Waals surface area contributed by atoms with Gasteiger partial charge >= 0.3 is 0 Å². The van der Waals surface area contributed by atoms with Crippen LogP contribution in [0.3, 0.4) is 0 Å². The van der Waals surface area contributed by atoms with E-state index in [9.17, 15) is 0 Å². The Kier molecular flexibility index (Phi) is 5.31. The Hall–Kier alpha value is -1.66. The normalized spacial score (nSPS) is 9.90. The molecule has 0 amide bonds. The molecule has 0 radical (unpaired) electrons. The van der Waals surface area contributed by atoms with Crippen LogP contribution in [0.5, 0.6) is 5.75 Å². The summed E-state index contributed by atoms with van der Waals surface area (Å²) in [7, 11) is 0. The van der Waals surface area contributed by atoms with Crippen molar-refractivity contribution < 1.29 is 4.74 Å². The third-order valence-electron chi connectivity index (χ3n) is 2.39. The monoisotopic (exact) mass is 351 g/mol. The van der Waals surface area contributed by atoms with Crippen molar-refractivity contribution in [2.45, 2.75) is 6.92 Å². The number of rotatable bonds is 4. The number of benzene rings is 1. The minimum Gasteiger partial charge on any atom is -0.494 e. The number of pyridine rings is 1. The van der Waals surface area contributed by atoms with Gasteiger partial charge in [-0.1, -0.05) is 0 Å². The van der Waals surface area contributed by atoms with Crippen molar-refractivity contribution in [2.24, 2.45) is 0 Å². The fourth-order valence-corrected chi connectivity index (χ4v) is 1.99. The van der Waals surface area contributed by atoms with Gasteiger partial charge < -0.3 is 15.4 Å². The lowest BCUT2D eigenvalue weighted by molar-refractivity contribution is 0.340.